The van der Waals surface area contributed by atoms with Gasteiger partial charge in [0, 0.05) is 42.2 Å². The third-order valence-electron chi connectivity index (χ3n) is 5.49. The number of hydrogen-bond donors (Lipinski definition) is 1. The Hall–Kier alpha value is -4.03. The zero-order valence-electron chi connectivity index (χ0n) is 23.7. The van der Waals surface area contributed by atoms with E-state index in [-0.39, 0.29) is 11.9 Å². The molecule has 0 radical (unpaired) electrons. The van der Waals surface area contributed by atoms with Crippen LogP contribution >= 0.6 is 0 Å². The first-order chi connectivity index (χ1) is 18.8. The summed E-state index contributed by atoms with van der Waals surface area (Å²) >= 11 is -1.42. The number of carbonyl (C=O) groups is 1. The van der Waals surface area contributed by atoms with Crippen molar-refractivity contribution in [1.82, 2.24) is 29.7 Å². The standard InChI is InChI=1S/C28H34N8O3S/c1-27(2,3)23-21(16-30-24(33-23)34-40(38)18-19-11-9-8-10-12-19)22-13-14-29-25(32-22)36(20-15-31-35(7)17-20)26(37)39-28(4,5)6/h8-17H,18H2,1-7H3,(H,30,33,34). The van der Waals surface area contributed by atoms with E-state index in [0.29, 0.717) is 28.4 Å². The highest BCUT2D eigenvalue weighted by Gasteiger charge is 2.29. The second kappa shape index (κ2) is 11.6. The van der Waals surface area contributed by atoms with E-state index in [1.165, 1.54) is 4.90 Å². The number of aryl methyl sites for hydroxylation is 1. The summed E-state index contributed by atoms with van der Waals surface area (Å²) in [5, 5.41) is 4.19. The van der Waals surface area contributed by atoms with Crippen LogP contribution in [0, 0.1) is 0 Å². The van der Waals surface area contributed by atoms with Crippen LogP contribution in [-0.4, -0.2) is 46.0 Å². The molecule has 0 aliphatic heterocycles. The summed E-state index contributed by atoms with van der Waals surface area (Å²) in [5.74, 6) is 0.690. The first-order valence-electron chi connectivity index (χ1n) is 12.7. The van der Waals surface area contributed by atoms with Crippen LogP contribution in [-0.2, 0) is 34.3 Å². The molecule has 0 fully saturated rings. The van der Waals surface area contributed by atoms with E-state index in [0.717, 1.165) is 5.56 Å². The number of amides is 1. The summed E-state index contributed by atoms with van der Waals surface area (Å²) in [6, 6.07) is 11.3. The van der Waals surface area contributed by atoms with Gasteiger partial charge in [-0.2, -0.15) is 9.82 Å². The molecular formula is C28H34N8O3S. The number of hydrogen-bond acceptors (Lipinski definition) is 9. The molecule has 0 spiro atoms. The minimum absolute atomic E-state index is 0.116. The summed E-state index contributed by atoms with van der Waals surface area (Å²) < 4.78 is 22.9. The van der Waals surface area contributed by atoms with Gasteiger partial charge in [0.25, 0.3) is 5.95 Å². The van der Waals surface area contributed by atoms with Crippen molar-refractivity contribution in [2.45, 2.75) is 58.3 Å². The fraction of sp³-hybridized carbons (Fsp3) is 0.357. The molecule has 11 nitrogen and oxygen atoms in total. The lowest BCUT2D eigenvalue weighted by atomic mass is 9.88. The molecule has 0 saturated carbocycles. The number of anilines is 3. The number of benzene rings is 1. The van der Waals surface area contributed by atoms with Crippen LogP contribution in [0.1, 0.15) is 52.8 Å². The van der Waals surface area contributed by atoms with Gasteiger partial charge in [-0.25, -0.2) is 29.6 Å². The van der Waals surface area contributed by atoms with Crippen molar-refractivity contribution >= 4 is 35.0 Å². The molecule has 0 saturated heterocycles. The zero-order chi connectivity index (χ0) is 29.1. The normalized spacial score (nSPS) is 12.6. The molecule has 1 unspecified atom stereocenters. The Morgan fingerprint density at radius 2 is 1.77 bits per heavy atom. The number of aromatic nitrogens is 6. The number of ether oxygens (including phenoxy) is 1. The Morgan fingerprint density at radius 1 is 1.05 bits per heavy atom. The number of nitrogens with one attached hydrogen (secondary N) is 1. The second-order valence-corrected chi connectivity index (χ2v) is 12.4. The van der Waals surface area contributed by atoms with E-state index >= 15 is 0 Å². The van der Waals surface area contributed by atoms with E-state index in [9.17, 15) is 9.35 Å². The quantitative estimate of drug-likeness (QED) is 0.297. The maximum atomic E-state index is 13.2. The maximum absolute atomic E-state index is 13.2. The van der Waals surface area contributed by atoms with E-state index in [1.54, 1.807) is 63.4 Å². The van der Waals surface area contributed by atoms with Crippen molar-refractivity contribution in [3.63, 3.8) is 0 Å². The number of nitrogens with zero attached hydrogens (tertiary/aromatic N) is 7. The lowest BCUT2D eigenvalue weighted by molar-refractivity contribution is 0.0597. The highest BCUT2D eigenvalue weighted by Crippen LogP contribution is 2.33. The fourth-order valence-corrected chi connectivity index (χ4v) is 4.66. The maximum Gasteiger partial charge on any atom is 0.422 e. The van der Waals surface area contributed by atoms with Crippen LogP contribution in [0.4, 0.5) is 22.4 Å². The van der Waals surface area contributed by atoms with Crippen LogP contribution in [0.15, 0.2) is 61.2 Å². The molecule has 4 rings (SSSR count). The van der Waals surface area contributed by atoms with Gasteiger partial charge in [-0.05, 0) is 26.8 Å². The number of carbonyl (C=O) groups excluding carboxylic acids is 1. The summed E-state index contributed by atoms with van der Waals surface area (Å²) in [4.78, 5) is 32.8. The summed E-state index contributed by atoms with van der Waals surface area (Å²) in [7, 11) is 1.75. The zero-order valence-corrected chi connectivity index (χ0v) is 24.6. The molecule has 40 heavy (non-hydrogen) atoms. The first kappa shape index (κ1) is 29.0. The molecule has 0 aliphatic carbocycles. The molecule has 0 aliphatic rings. The first-order valence-corrected chi connectivity index (χ1v) is 14.0. The lowest BCUT2D eigenvalue weighted by Crippen LogP contribution is -2.34. The summed E-state index contributed by atoms with van der Waals surface area (Å²) in [6.45, 7) is 11.4. The van der Waals surface area contributed by atoms with Crippen molar-refractivity contribution in [1.29, 1.82) is 0 Å². The molecule has 1 atom stereocenters. The van der Waals surface area contributed by atoms with Crippen LogP contribution in [0.5, 0.6) is 0 Å². The highest BCUT2D eigenvalue weighted by atomic mass is 32.2. The summed E-state index contributed by atoms with van der Waals surface area (Å²) in [5.41, 5.74) is 2.13. The van der Waals surface area contributed by atoms with Crippen LogP contribution in [0.3, 0.4) is 0 Å². The molecule has 0 bridgehead atoms. The Balaban J connectivity index is 1.69. The SMILES string of the molecule is Cn1cc(N(C(=O)OC(C)(C)C)c2nccc(-c3cnc(N[S+]([O-])Cc4ccccc4)nc3C(C)(C)C)n2)cn1. The summed E-state index contributed by atoms with van der Waals surface area (Å²) in [6.07, 6.45) is 5.80. The molecular weight excluding hydrogens is 528 g/mol. The Bertz CT molecular complexity index is 1460. The van der Waals surface area contributed by atoms with E-state index in [4.69, 9.17) is 14.7 Å². The van der Waals surface area contributed by atoms with Crippen molar-refractivity contribution in [3.8, 4) is 11.3 Å². The molecule has 3 heterocycles. The molecule has 3 aromatic heterocycles. The van der Waals surface area contributed by atoms with Gasteiger partial charge in [0.15, 0.2) is 5.75 Å². The van der Waals surface area contributed by atoms with Gasteiger partial charge in [0.2, 0.25) is 5.95 Å². The smallest absolute Gasteiger partial charge is 0.422 e. The van der Waals surface area contributed by atoms with Crippen molar-refractivity contribution in [2.24, 2.45) is 7.05 Å². The van der Waals surface area contributed by atoms with Crippen molar-refractivity contribution in [3.05, 3.63) is 72.4 Å². The lowest BCUT2D eigenvalue weighted by Gasteiger charge is -2.26. The molecule has 1 N–H and O–H groups in total. The molecule has 1 amide bonds. The van der Waals surface area contributed by atoms with Gasteiger partial charge < -0.3 is 9.29 Å². The van der Waals surface area contributed by atoms with Crippen LogP contribution < -0.4 is 9.62 Å². The second-order valence-electron chi connectivity index (χ2n) is 11.2. The van der Waals surface area contributed by atoms with Crippen LogP contribution in [0.25, 0.3) is 11.3 Å². The minimum Gasteiger partial charge on any atom is -0.593 e. The fourth-order valence-electron chi connectivity index (χ4n) is 3.79. The third kappa shape index (κ3) is 7.33. The third-order valence-corrected chi connectivity index (χ3v) is 6.49. The van der Waals surface area contributed by atoms with Crippen molar-refractivity contribution in [2.75, 3.05) is 9.62 Å². The van der Waals surface area contributed by atoms with Gasteiger partial charge in [-0.1, -0.05) is 51.1 Å². The Kier molecular flexibility index (Phi) is 8.40. The Morgan fingerprint density at radius 3 is 2.40 bits per heavy atom. The van der Waals surface area contributed by atoms with E-state index in [2.05, 4.69) is 19.8 Å². The molecule has 4 aromatic rings. The largest absolute Gasteiger partial charge is 0.593 e. The highest BCUT2D eigenvalue weighted by molar-refractivity contribution is 7.91. The minimum atomic E-state index is -1.42. The van der Waals surface area contributed by atoms with E-state index < -0.39 is 28.5 Å². The predicted octanol–water partition coefficient (Wildman–Crippen LogP) is 5.31. The van der Waals surface area contributed by atoms with Gasteiger partial charge >= 0.3 is 6.09 Å². The van der Waals surface area contributed by atoms with Crippen molar-refractivity contribution < 1.29 is 14.1 Å². The van der Waals surface area contributed by atoms with Gasteiger partial charge in [-0.15, -0.1) is 0 Å². The topological polar surface area (TPSA) is 134 Å². The van der Waals surface area contributed by atoms with E-state index in [1.807, 2.05) is 51.1 Å². The van der Waals surface area contributed by atoms with Gasteiger partial charge in [-0.3, -0.25) is 4.68 Å². The van der Waals surface area contributed by atoms with Gasteiger partial charge in [0.1, 0.15) is 5.60 Å². The van der Waals surface area contributed by atoms with Crippen LogP contribution in [0.2, 0.25) is 0 Å². The Labute approximate surface area is 237 Å². The molecule has 210 valence electrons. The average molecular weight is 563 g/mol. The molecule has 12 heteroatoms. The number of rotatable bonds is 7. The predicted molar refractivity (Wildman–Crippen MR) is 155 cm³/mol. The molecule has 1 aromatic carbocycles. The van der Waals surface area contributed by atoms with Gasteiger partial charge in [0.05, 0.1) is 34.6 Å². The monoisotopic (exact) mass is 562 g/mol. The average Bonchev–Trinajstić information content (AvgIpc) is 3.28.